The molecule has 9 nitrogen and oxygen atoms in total. The van der Waals surface area contributed by atoms with Crippen LogP contribution in [0.4, 0.5) is 4.79 Å². The molecule has 0 spiro atoms. The zero-order valence-corrected chi connectivity index (χ0v) is 16.3. The van der Waals surface area contributed by atoms with Gasteiger partial charge in [0.2, 0.25) is 0 Å². The summed E-state index contributed by atoms with van der Waals surface area (Å²) in [5, 5.41) is 31.1. The Morgan fingerprint density at radius 3 is 2.25 bits per heavy atom. The van der Waals surface area contributed by atoms with Crippen LogP contribution in [0.25, 0.3) is 0 Å². The molecule has 28 heavy (non-hydrogen) atoms. The van der Waals surface area contributed by atoms with Gasteiger partial charge >= 0.3 is 18.0 Å². The second-order valence-corrected chi connectivity index (χ2v) is 6.78. The van der Waals surface area contributed by atoms with Gasteiger partial charge in [-0.3, -0.25) is 0 Å². The summed E-state index contributed by atoms with van der Waals surface area (Å²) >= 11 is 0. The van der Waals surface area contributed by atoms with Gasteiger partial charge in [0.1, 0.15) is 11.8 Å². The molecule has 0 aliphatic rings. The SMILES string of the molecule is CCOC(=O)C(O)CN(CC(C)C)C(=O)N[C@@H](Cc1ccc(O)cc1)C(=O)O. The number of aliphatic hydroxyl groups is 1. The Morgan fingerprint density at radius 2 is 1.75 bits per heavy atom. The first kappa shape index (κ1) is 23.2. The molecule has 0 aliphatic carbocycles. The van der Waals surface area contributed by atoms with Gasteiger partial charge in [-0.15, -0.1) is 0 Å². The highest BCUT2D eigenvalue weighted by molar-refractivity contribution is 5.83. The molecule has 0 bridgehead atoms. The minimum Gasteiger partial charge on any atom is -0.508 e. The average molecular weight is 396 g/mol. The van der Waals surface area contributed by atoms with Crippen molar-refractivity contribution in [3.63, 3.8) is 0 Å². The molecule has 0 saturated heterocycles. The fourth-order valence-corrected chi connectivity index (χ4v) is 2.51. The molecule has 0 fully saturated rings. The molecule has 1 aromatic rings. The van der Waals surface area contributed by atoms with Gasteiger partial charge < -0.3 is 30.3 Å². The Bertz CT molecular complexity index is 661. The first-order chi connectivity index (χ1) is 13.1. The van der Waals surface area contributed by atoms with Gasteiger partial charge in [0, 0.05) is 13.0 Å². The number of hydrogen-bond donors (Lipinski definition) is 4. The maximum absolute atomic E-state index is 12.6. The van der Waals surface area contributed by atoms with Gasteiger partial charge in [0.25, 0.3) is 0 Å². The second-order valence-electron chi connectivity index (χ2n) is 6.78. The summed E-state index contributed by atoms with van der Waals surface area (Å²) in [6.07, 6.45) is -1.51. The van der Waals surface area contributed by atoms with E-state index in [9.17, 15) is 29.7 Å². The lowest BCUT2D eigenvalue weighted by molar-refractivity contribution is -0.153. The number of carbonyl (C=O) groups is 3. The number of aliphatic hydroxyl groups excluding tert-OH is 1. The molecular formula is C19H28N2O7. The number of amides is 2. The van der Waals surface area contributed by atoms with Crippen LogP contribution >= 0.6 is 0 Å². The Morgan fingerprint density at radius 1 is 1.14 bits per heavy atom. The van der Waals surface area contributed by atoms with Gasteiger partial charge in [-0.1, -0.05) is 26.0 Å². The number of hydrogen-bond acceptors (Lipinski definition) is 6. The number of urea groups is 1. The first-order valence-corrected chi connectivity index (χ1v) is 9.04. The molecule has 2 amide bonds. The third kappa shape index (κ3) is 7.83. The number of carboxylic acids is 1. The molecular weight excluding hydrogens is 368 g/mol. The van der Waals surface area contributed by atoms with Crippen LogP contribution in [0.15, 0.2) is 24.3 Å². The fourth-order valence-electron chi connectivity index (χ4n) is 2.51. The van der Waals surface area contributed by atoms with Crippen molar-refractivity contribution in [1.82, 2.24) is 10.2 Å². The molecule has 0 saturated carbocycles. The Kier molecular flexibility index (Phi) is 9.23. The van der Waals surface area contributed by atoms with Gasteiger partial charge in [0.05, 0.1) is 13.2 Å². The lowest BCUT2D eigenvalue weighted by Gasteiger charge is -2.28. The summed E-state index contributed by atoms with van der Waals surface area (Å²) in [6, 6.07) is 4.06. The van der Waals surface area contributed by atoms with Gasteiger partial charge in [0.15, 0.2) is 6.10 Å². The number of phenolic OH excluding ortho intramolecular Hbond substituents is 1. The topological polar surface area (TPSA) is 136 Å². The summed E-state index contributed by atoms with van der Waals surface area (Å²) in [5.41, 5.74) is 0.618. The van der Waals surface area contributed by atoms with Gasteiger partial charge in [-0.25, -0.2) is 14.4 Å². The van der Waals surface area contributed by atoms with Crippen molar-refractivity contribution < 1.29 is 34.4 Å². The van der Waals surface area contributed by atoms with E-state index in [4.69, 9.17) is 4.74 Å². The summed E-state index contributed by atoms with van der Waals surface area (Å²) < 4.78 is 4.74. The molecule has 1 unspecified atom stereocenters. The lowest BCUT2D eigenvalue weighted by Crippen LogP contribution is -2.52. The minimum atomic E-state index is -1.52. The van der Waals surface area contributed by atoms with Crippen LogP contribution in [-0.2, 0) is 20.7 Å². The van der Waals surface area contributed by atoms with Gasteiger partial charge in [-0.05, 0) is 30.5 Å². The van der Waals surface area contributed by atoms with Crippen LogP contribution in [0.2, 0.25) is 0 Å². The smallest absolute Gasteiger partial charge is 0.336 e. The van der Waals surface area contributed by atoms with E-state index in [2.05, 4.69) is 5.32 Å². The van der Waals surface area contributed by atoms with E-state index in [1.807, 2.05) is 13.8 Å². The average Bonchev–Trinajstić information content (AvgIpc) is 2.61. The van der Waals surface area contributed by atoms with Crippen LogP contribution in [-0.4, -0.2) is 70.0 Å². The summed E-state index contributed by atoms with van der Waals surface area (Å²) in [5.74, 6) is -1.99. The summed E-state index contributed by atoms with van der Waals surface area (Å²) in [6.45, 7) is 5.30. The number of nitrogens with zero attached hydrogens (tertiary/aromatic N) is 1. The number of esters is 1. The second kappa shape index (κ2) is 11.1. The zero-order chi connectivity index (χ0) is 21.3. The van der Waals surface area contributed by atoms with Crippen molar-refractivity contribution in [2.45, 2.75) is 39.3 Å². The number of carbonyl (C=O) groups excluding carboxylic acids is 2. The molecule has 1 aromatic carbocycles. The highest BCUT2D eigenvalue weighted by Gasteiger charge is 2.27. The normalized spacial score (nSPS) is 12.9. The van der Waals surface area contributed by atoms with Crippen molar-refractivity contribution in [3.05, 3.63) is 29.8 Å². The Balaban J connectivity index is 2.85. The monoisotopic (exact) mass is 396 g/mol. The largest absolute Gasteiger partial charge is 0.508 e. The number of phenols is 1. The van der Waals surface area contributed by atoms with Crippen LogP contribution in [0.5, 0.6) is 5.75 Å². The van der Waals surface area contributed by atoms with Crippen molar-refractivity contribution in [1.29, 1.82) is 0 Å². The molecule has 0 radical (unpaired) electrons. The van der Waals surface area contributed by atoms with Crippen molar-refractivity contribution in [2.75, 3.05) is 19.7 Å². The predicted molar refractivity (Wildman–Crippen MR) is 101 cm³/mol. The summed E-state index contributed by atoms with van der Waals surface area (Å²) in [4.78, 5) is 37.0. The molecule has 2 atom stereocenters. The fraction of sp³-hybridized carbons (Fsp3) is 0.526. The Hall–Kier alpha value is -2.81. The molecule has 9 heteroatoms. The number of nitrogens with one attached hydrogen (secondary N) is 1. The van der Waals surface area contributed by atoms with Crippen LogP contribution < -0.4 is 5.32 Å². The van der Waals surface area contributed by atoms with E-state index in [0.717, 1.165) is 0 Å². The predicted octanol–water partition coefficient (Wildman–Crippen LogP) is 0.979. The molecule has 0 aromatic heterocycles. The number of rotatable bonds is 10. The molecule has 4 N–H and O–H groups in total. The van der Waals surface area contributed by atoms with Crippen molar-refractivity contribution in [2.24, 2.45) is 5.92 Å². The third-order valence-corrected chi connectivity index (χ3v) is 3.80. The van der Waals surface area contributed by atoms with E-state index in [-0.39, 0.29) is 37.8 Å². The van der Waals surface area contributed by atoms with Crippen molar-refractivity contribution in [3.8, 4) is 5.75 Å². The summed E-state index contributed by atoms with van der Waals surface area (Å²) in [7, 11) is 0. The standard InChI is InChI=1S/C19H28N2O7/c1-4-28-18(26)16(23)11-21(10-12(2)3)19(27)20-15(17(24)25)9-13-5-7-14(22)8-6-13/h5-8,12,15-16,22-23H,4,9-11H2,1-3H3,(H,20,27)(H,24,25)/t15-,16?/m0/s1. The van der Waals surface area contributed by atoms with E-state index < -0.39 is 30.1 Å². The number of carboxylic acid groups (broad SMARTS) is 1. The van der Waals surface area contributed by atoms with Crippen LogP contribution in [0.1, 0.15) is 26.3 Å². The molecule has 156 valence electrons. The lowest BCUT2D eigenvalue weighted by atomic mass is 10.1. The van der Waals surface area contributed by atoms with E-state index in [0.29, 0.717) is 5.56 Å². The highest BCUT2D eigenvalue weighted by Crippen LogP contribution is 2.12. The van der Waals surface area contributed by atoms with Crippen molar-refractivity contribution >= 4 is 18.0 Å². The quantitative estimate of drug-likeness (QED) is 0.433. The number of aromatic hydroxyl groups is 1. The molecule has 0 aliphatic heterocycles. The van der Waals surface area contributed by atoms with Crippen LogP contribution in [0, 0.1) is 5.92 Å². The number of benzene rings is 1. The zero-order valence-electron chi connectivity index (χ0n) is 16.3. The van der Waals surface area contributed by atoms with Gasteiger partial charge in [-0.2, -0.15) is 0 Å². The maximum atomic E-state index is 12.6. The first-order valence-electron chi connectivity index (χ1n) is 9.04. The van der Waals surface area contributed by atoms with E-state index in [1.54, 1.807) is 19.1 Å². The minimum absolute atomic E-state index is 0.0112. The maximum Gasteiger partial charge on any atom is 0.336 e. The Labute approximate surface area is 163 Å². The number of aliphatic carboxylic acids is 1. The van der Waals surface area contributed by atoms with Crippen LogP contribution in [0.3, 0.4) is 0 Å². The van der Waals surface area contributed by atoms with E-state index >= 15 is 0 Å². The third-order valence-electron chi connectivity index (χ3n) is 3.80. The number of ether oxygens (including phenoxy) is 1. The van der Waals surface area contributed by atoms with E-state index in [1.165, 1.54) is 17.0 Å². The molecule has 0 heterocycles. The highest BCUT2D eigenvalue weighted by atomic mass is 16.5. The molecule has 1 rings (SSSR count).